The van der Waals surface area contributed by atoms with Crippen molar-refractivity contribution >= 4 is 5.91 Å². The van der Waals surface area contributed by atoms with Gasteiger partial charge in [0, 0.05) is 12.2 Å². The first-order valence-corrected chi connectivity index (χ1v) is 8.83. The summed E-state index contributed by atoms with van der Waals surface area (Å²) in [4.78, 5) is 30.1. The van der Waals surface area contributed by atoms with Crippen LogP contribution in [0.3, 0.4) is 0 Å². The molecule has 0 spiro atoms. The van der Waals surface area contributed by atoms with E-state index in [1.54, 1.807) is 6.92 Å². The van der Waals surface area contributed by atoms with Gasteiger partial charge in [-0.2, -0.15) is 0 Å². The van der Waals surface area contributed by atoms with Crippen LogP contribution < -0.4 is 10.9 Å². The standard InChI is InChI=1S/C20H25N3O2/c1-14-12-15(2)21-19(24)18(14)20(25)22-17(13-23-10-6-7-11-23)16-8-4-3-5-9-16/h3-5,8-9,12,17H,6-7,10-11,13H2,1-2H3,(H,21,24)(H,22,25)/t17-/m1/s1. The fraction of sp³-hybridized carbons (Fsp3) is 0.400. The zero-order valence-corrected chi connectivity index (χ0v) is 14.8. The van der Waals surface area contributed by atoms with Gasteiger partial charge in [-0.1, -0.05) is 30.3 Å². The maximum Gasteiger partial charge on any atom is 0.261 e. The van der Waals surface area contributed by atoms with Gasteiger partial charge in [-0.05, 0) is 57.0 Å². The number of aryl methyl sites for hydroxylation is 2. The molecule has 5 nitrogen and oxygen atoms in total. The number of hydrogen-bond acceptors (Lipinski definition) is 3. The Hall–Kier alpha value is -2.40. The average Bonchev–Trinajstić information content (AvgIpc) is 3.07. The van der Waals surface area contributed by atoms with Crippen molar-refractivity contribution in [1.82, 2.24) is 15.2 Å². The second-order valence-corrected chi connectivity index (χ2v) is 6.78. The van der Waals surface area contributed by atoms with Crippen molar-refractivity contribution in [3.05, 3.63) is 69.1 Å². The van der Waals surface area contributed by atoms with Crippen molar-refractivity contribution in [2.75, 3.05) is 19.6 Å². The lowest BCUT2D eigenvalue weighted by Gasteiger charge is -2.25. The fourth-order valence-electron chi connectivity index (χ4n) is 3.51. The van der Waals surface area contributed by atoms with Gasteiger partial charge in [0.25, 0.3) is 11.5 Å². The van der Waals surface area contributed by atoms with Crippen LogP contribution in [-0.2, 0) is 0 Å². The largest absolute Gasteiger partial charge is 0.344 e. The van der Waals surface area contributed by atoms with E-state index in [0.717, 1.165) is 30.9 Å². The Bertz CT molecular complexity index is 792. The number of amides is 1. The molecule has 0 unspecified atom stereocenters. The average molecular weight is 339 g/mol. The Balaban J connectivity index is 1.84. The molecule has 1 aromatic carbocycles. The third-order valence-corrected chi connectivity index (χ3v) is 4.74. The lowest BCUT2D eigenvalue weighted by molar-refractivity contribution is 0.0925. The second-order valence-electron chi connectivity index (χ2n) is 6.78. The predicted octanol–water partition coefficient (Wildman–Crippen LogP) is 2.56. The maximum atomic E-state index is 12.8. The SMILES string of the molecule is Cc1cc(C)c(C(=O)N[C@H](CN2CCCC2)c2ccccc2)c(=O)[nH]1. The topological polar surface area (TPSA) is 65.2 Å². The molecule has 1 aliphatic rings. The summed E-state index contributed by atoms with van der Waals surface area (Å²) in [5.41, 5.74) is 2.39. The van der Waals surface area contributed by atoms with Gasteiger partial charge in [-0.15, -0.1) is 0 Å². The molecule has 2 heterocycles. The van der Waals surface area contributed by atoms with Crippen LogP contribution in [0.15, 0.2) is 41.2 Å². The third kappa shape index (κ3) is 4.17. The van der Waals surface area contributed by atoms with Crippen LogP contribution in [0.1, 0.15) is 46.1 Å². The molecule has 132 valence electrons. The Morgan fingerprint density at radius 2 is 1.88 bits per heavy atom. The first-order valence-electron chi connectivity index (χ1n) is 8.83. The summed E-state index contributed by atoms with van der Waals surface area (Å²) in [7, 11) is 0. The highest BCUT2D eigenvalue weighted by Gasteiger charge is 2.23. The molecular formula is C20H25N3O2. The molecule has 5 heteroatoms. The van der Waals surface area contributed by atoms with Gasteiger partial charge >= 0.3 is 0 Å². The number of nitrogens with zero attached hydrogens (tertiary/aromatic N) is 1. The zero-order chi connectivity index (χ0) is 17.8. The van der Waals surface area contributed by atoms with Crippen LogP contribution in [-0.4, -0.2) is 35.4 Å². The molecule has 1 fully saturated rings. The molecule has 1 saturated heterocycles. The molecule has 0 aliphatic carbocycles. The first kappa shape index (κ1) is 17.4. The van der Waals surface area contributed by atoms with E-state index in [2.05, 4.69) is 15.2 Å². The number of hydrogen-bond donors (Lipinski definition) is 2. The van der Waals surface area contributed by atoms with E-state index >= 15 is 0 Å². The fourth-order valence-corrected chi connectivity index (χ4v) is 3.51. The van der Waals surface area contributed by atoms with Gasteiger partial charge in [-0.25, -0.2) is 0 Å². The van der Waals surface area contributed by atoms with E-state index in [-0.39, 0.29) is 23.1 Å². The van der Waals surface area contributed by atoms with Crippen molar-refractivity contribution in [3.8, 4) is 0 Å². The van der Waals surface area contributed by atoms with Crippen molar-refractivity contribution in [2.24, 2.45) is 0 Å². The second kappa shape index (κ2) is 7.66. The number of aromatic amines is 1. The van der Waals surface area contributed by atoms with E-state index in [1.807, 2.05) is 43.3 Å². The molecule has 1 amide bonds. The van der Waals surface area contributed by atoms with Crippen LogP contribution in [0, 0.1) is 13.8 Å². The smallest absolute Gasteiger partial charge is 0.261 e. The quantitative estimate of drug-likeness (QED) is 0.880. The molecule has 1 aromatic heterocycles. The Kier molecular flexibility index (Phi) is 5.34. The maximum absolute atomic E-state index is 12.8. The molecule has 1 atom stereocenters. The van der Waals surface area contributed by atoms with Crippen molar-refractivity contribution < 1.29 is 4.79 Å². The van der Waals surface area contributed by atoms with Gasteiger partial charge < -0.3 is 15.2 Å². The van der Waals surface area contributed by atoms with E-state index in [9.17, 15) is 9.59 Å². The summed E-state index contributed by atoms with van der Waals surface area (Å²) in [6.45, 7) is 6.50. The predicted molar refractivity (Wildman–Crippen MR) is 98.9 cm³/mol. The number of benzene rings is 1. The molecule has 1 aliphatic heterocycles. The molecule has 0 bridgehead atoms. The first-order chi connectivity index (χ1) is 12.0. The number of H-pyrrole nitrogens is 1. The number of pyridine rings is 1. The van der Waals surface area contributed by atoms with Gasteiger partial charge in [0.2, 0.25) is 0 Å². The summed E-state index contributed by atoms with van der Waals surface area (Å²) in [5.74, 6) is -0.313. The normalized spacial score (nSPS) is 15.9. The van der Waals surface area contributed by atoms with Crippen molar-refractivity contribution in [3.63, 3.8) is 0 Å². The monoisotopic (exact) mass is 339 g/mol. The van der Waals surface area contributed by atoms with Gasteiger partial charge in [0.05, 0.1) is 6.04 Å². The summed E-state index contributed by atoms with van der Waals surface area (Å²) in [6.07, 6.45) is 2.40. The molecule has 0 radical (unpaired) electrons. The molecule has 25 heavy (non-hydrogen) atoms. The number of carbonyl (C=O) groups is 1. The number of aromatic nitrogens is 1. The van der Waals surface area contributed by atoms with Crippen molar-refractivity contribution in [1.29, 1.82) is 0 Å². The van der Waals surface area contributed by atoms with E-state index in [0.29, 0.717) is 5.56 Å². The molecule has 2 aromatic rings. The minimum atomic E-state index is -0.331. The number of rotatable bonds is 5. The summed E-state index contributed by atoms with van der Waals surface area (Å²) >= 11 is 0. The highest BCUT2D eigenvalue weighted by molar-refractivity contribution is 5.95. The molecule has 3 rings (SSSR count). The Labute approximate surface area is 148 Å². The number of carbonyl (C=O) groups excluding carboxylic acids is 1. The summed E-state index contributed by atoms with van der Waals surface area (Å²) in [6, 6.07) is 11.7. The van der Waals surface area contributed by atoms with Crippen LogP contribution in [0.4, 0.5) is 0 Å². The van der Waals surface area contributed by atoms with Gasteiger partial charge in [-0.3, -0.25) is 9.59 Å². The van der Waals surface area contributed by atoms with E-state index in [1.165, 1.54) is 12.8 Å². The Morgan fingerprint density at radius 3 is 2.52 bits per heavy atom. The van der Waals surface area contributed by atoms with Crippen LogP contribution in [0.5, 0.6) is 0 Å². The number of likely N-dealkylation sites (tertiary alicyclic amines) is 1. The van der Waals surface area contributed by atoms with Gasteiger partial charge in [0.15, 0.2) is 0 Å². The van der Waals surface area contributed by atoms with E-state index < -0.39 is 0 Å². The van der Waals surface area contributed by atoms with Gasteiger partial charge in [0.1, 0.15) is 5.56 Å². The summed E-state index contributed by atoms with van der Waals surface area (Å²) in [5, 5.41) is 3.08. The summed E-state index contributed by atoms with van der Waals surface area (Å²) < 4.78 is 0. The molecule has 2 N–H and O–H groups in total. The van der Waals surface area contributed by atoms with Crippen molar-refractivity contribution in [2.45, 2.75) is 32.7 Å². The minimum absolute atomic E-state index is 0.132. The molecule has 0 saturated carbocycles. The lowest BCUT2D eigenvalue weighted by Crippen LogP contribution is -2.39. The van der Waals surface area contributed by atoms with Crippen LogP contribution >= 0.6 is 0 Å². The number of nitrogens with one attached hydrogen (secondary N) is 2. The molecular weight excluding hydrogens is 314 g/mol. The van der Waals surface area contributed by atoms with Crippen LogP contribution in [0.2, 0.25) is 0 Å². The Morgan fingerprint density at radius 1 is 1.20 bits per heavy atom. The minimum Gasteiger partial charge on any atom is -0.344 e. The highest BCUT2D eigenvalue weighted by Crippen LogP contribution is 2.18. The highest BCUT2D eigenvalue weighted by atomic mass is 16.2. The zero-order valence-electron chi connectivity index (χ0n) is 14.8. The lowest BCUT2D eigenvalue weighted by atomic mass is 10.0. The van der Waals surface area contributed by atoms with Crippen LogP contribution in [0.25, 0.3) is 0 Å². The van der Waals surface area contributed by atoms with E-state index in [4.69, 9.17) is 0 Å². The third-order valence-electron chi connectivity index (χ3n) is 4.74.